The largest absolute Gasteiger partial charge is 0.369 e. The molecule has 3 aromatic rings. The smallest absolute Gasteiger partial charge is 0.323 e. The predicted molar refractivity (Wildman–Crippen MR) is 105 cm³/mol. The molecule has 1 aliphatic heterocycles. The van der Waals surface area contributed by atoms with Crippen LogP contribution >= 0.6 is 11.3 Å². The highest BCUT2D eigenvalue weighted by atomic mass is 32.1. The molecule has 0 bridgehead atoms. The third-order valence-corrected chi connectivity index (χ3v) is 5.86. The summed E-state index contributed by atoms with van der Waals surface area (Å²) < 4.78 is 0. The van der Waals surface area contributed by atoms with E-state index >= 15 is 0 Å². The number of hydrogen-bond acceptors (Lipinski definition) is 5. The molecule has 1 fully saturated rings. The number of fused-ring (bicyclic) bond motifs is 1. The zero-order valence-corrected chi connectivity index (χ0v) is 15.7. The summed E-state index contributed by atoms with van der Waals surface area (Å²) in [5, 5.41) is 6.49. The molecule has 4 rings (SSSR count). The van der Waals surface area contributed by atoms with Crippen molar-refractivity contribution in [3.05, 3.63) is 36.1 Å². The second-order valence-corrected chi connectivity index (χ2v) is 7.62. The van der Waals surface area contributed by atoms with Crippen molar-refractivity contribution >= 4 is 39.2 Å². The van der Waals surface area contributed by atoms with Crippen LogP contribution in [0.25, 0.3) is 11.0 Å². The van der Waals surface area contributed by atoms with E-state index in [-0.39, 0.29) is 12.1 Å². The topological polar surface area (TPSA) is 77.2 Å². The molecular formula is C18H22N6OS. The van der Waals surface area contributed by atoms with Crippen LogP contribution in [0, 0.1) is 5.92 Å². The van der Waals surface area contributed by atoms with Gasteiger partial charge in [0.1, 0.15) is 5.65 Å². The molecule has 7 nitrogen and oxygen atoms in total. The Balaban J connectivity index is 1.53. The van der Waals surface area contributed by atoms with E-state index in [1.165, 1.54) is 11.3 Å². The summed E-state index contributed by atoms with van der Waals surface area (Å²) in [4.78, 5) is 28.4. The van der Waals surface area contributed by atoms with Gasteiger partial charge < -0.3 is 14.8 Å². The minimum absolute atomic E-state index is 0.0771. The normalized spacial score (nSPS) is 20.3. The number of carbonyl (C=O) groups excluding carboxylic acids is 1. The maximum absolute atomic E-state index is 12.6. The maximum Gasteiger partial charge on any atom is 0.323 e. The summed E-state index contributed by atoms with van der Waals surface area (Å²) in [5.74, 6) is 0.492. The minimum atomic E-state index is -0.0771. The molecule has 4 heterocycles. The van der Waals surface area contributed by atoms with Gasteiger partial charge in [0.25, 0.3) is 0 Å². The average molecular weight is 370 g/mol. The number of aromatic nitrogens is 3. The van der Waals surface area contributed by atoms with Crippen molar-refractivity contribution in [3.8, 4) is 0 Å². The number of amides is 2. The number of aromatic amines is 1. The van der Waals surface area contributed by atoms with Crippen LogP contribution < -0.4 is 10.2 Å². The number of carbonyl (C=O) groups is 1. The fraction of sp³-hybridized carbons (Fsp3) is 0.389. The summed E-state index contributed by atoms with van der Waals surface area (Å²) in [7, 11) is 2.10. The molecule has 8 heteroatoms. The number of likely N-dealkylation sites (N-methyl/N-ethyl adjacent to an activating group) is 1. The Morgan fingerprint density at radius 2 is 2.27 bits per heavy atom. The number of anilines is 2. The van der Waals surface area contributed by atoms with Gasteiger partial charge in [-0.05, 0) is 24.5 Å². The number of likely N-dealkylation sites (tertiary alicyclic amines) is 1. The first-order valence-electron chi connectivity index (χ1n) is 8.74. The molecule has 0 aromatic carbocycles. The number of rotatable bonds is 3. The molecule has 1 unspecified atom stereocenters. The number of hydrogen-bond donors (Lipinski definition) is 2. The van der Waals surface area contributed by atoms with Crippen molar-refractivity contribution in [2.24, 2.45) is 5.92 Å². The monoisotopic (exact) mass is 370 g/mol. The van der Waals surface area contributed by atoms with Crippen molar-refractivity contribution in [2.45, 2.75) is 19.4 Å². The standard InChI is InChI=1S/C18H22N6OS/c1-12-5-9-24(18(25)22-17-21-8-10-26-17)11-15(12)23(2)14-4-7-20-16-13(14)3-6-19-16/h3-4,6-8,10,12,15H,5,9,11H2,1-2H3,(H,19,20)(H,21,22,25)/t12-,15?/m1/s1. The van der Waals surface area contributed by atoms with E-state index < -0.39 is 0 Å². The summed E-state index contributed by atoms with van der Waals surface area (Å²) >= 11 is 1.43. The quantitative estimate of drug-likeness (QED) is 0.741. The SMILES string of the molecule is C[C@@H]1CCN(C(=O)Nc2nccs2)CC1N(C)c1ccnc2[nH]ccc12. The third kappa shape index (κ3) is 3.12. The van der Waals surface area contributed by atoms with Crippen LogP contribution in [0.3, 0.4) is 0 Å². The third-order valence-electron chi connectivity index (χ3n) is 5.17. The van der Waals surface area contributed by atoms with Gasteiger partial charge >= 0.3 is 6.03 Å². The van der Waals surface area contributed by atoms with Crippen LogP contribution in [0.1, 0.15) is 13.3 Å². The summed E-state index contributed by atoms with van der Waals surface area (Å²) in [6.07, 6.45) is 6.40. The van der Waals surface area contributed by atoms with Gasteiger partial charge in [-0.2, -0.15) is 0 Å². The predicted octanol–water partition coefficient (Wildman–Crippen LogP) is 3.40. The molecule has 0 saturated carbocycles. The molecule has 26 heavy (non-hydrogen) atoms. The molecule has 1 aliphatic rings. The van der Waals surface area contributed by atoms with Crippen molar-refractivity contribution in [1.82, 2.24) is 19.9 Å². The number of H-pyrrole nitrogens is 1. The van der Waals surface area contributed by atoms with Crippen LogP contribution in [0.5, 0.6) is 0 Å². The Hall–Kier alpha value is -2.61. The van der Waals surface area contributed by atoms with Gasteiger partial charge in [0.15, 0.2) is 5.13 Å². The summed E-state index contributed by atoms with van der Waals surface area (Å²) in [5.41, 5.74) is 2.02. The molecule has 2 N–H and O–H groups in total. The Bertz CT molecular complexity index is 892. The Kier molecular flexibility index (Phi) is 4.50. The first-order valence-corrected chi connectivity index (χ1v) is 9.62. The number of piperidine rings is 1. The van der Waals surface area contributed by atoms with Gasteiger partial charge in [-0.25, -0.2) is 14.8 Å². The first-order chi connectivity index (χ1) is 12.6. The van der Waals surface area contributed by atoms with Gasteiger partial charge in [-0.1, -0.05) is 6.92 Å². The van der Waals surface area contributed by atoms with Crippen molar-refractivity contribution in [1.29, 1.82) is 0 Å². The molecule has 3 aromatic heterocycles. The lowest BCUT2D eigenvalue weighted by Gasteiger charge is -2.42. The number of urea groups is 1. The minimum Gasteiger partial charge on any atom is -0.369 e. The highest BCUT2D eigenvalue weighted by molar-refractivity contribution is 7.13. The second-order valence-electron chi connectivity index (χ2n) is 6.73. The van der Waals surface area contributed by atoms with Crippen LogP contribution in [0.15, 0.2) is 36.1 Å². The van der Waals surface area contributed by atoms with Crippen LogP contribution in [-0.2, 0) is 0 Å². The lowest BCUT2D eigenvalue weighted by molar-refractivity contribution is 0.172. The zero-order valence-electron chi connectivity index (χ0n) is 14.8. The molecule has 1 saturated heterocycles. The summed E-state index contributed by atoms with van der Waals surface area (Å²) in [6.45, 7) is 3.70. The van der Waals surface area contributed by atoms with Gasteiger partial charge in [-0.15, -0.1) is 11.3 Å². The number of nitrogens with zero attached hydrogens (tertiary/aromatic N) is 4. The fourth-order valence-electron chi connectivity index (χ4n) is 3.63. The molecular weight excluding hydrogens is 348 g/mol. The molecule has 2 amide bonds. The molecule has 0 aliphatic carbocycles. The van der Waals surface area contributed by atoms with E-state index in [0.717, 1.165) is 29.7 Å². The van der Waals surface area contributed by atoms with Crippen LogP contribution in [0.4, 0.5) is 15.6 Å². The second kappa shape index (κ2) is 6.95. The van der Waals surface area contributed by atoms with Gasteiger partial charge in [-0.3, -0.25) is 5.32 Å². The van der Waals surface area contributed by atoms with E-state index in [1.807, 2.05) is 28.7 Å². The van der Waals surface area contributed by atoms with Crippen molar-refractivity contribution in [2.75, 3.05) is 30.4 Å². The number of pyridine rings is 1. The maximum atomic E-state index is 12.6. The highest BCUT2D eigenvalue weighted by Gasteiger charge is 2.32. The molecule has 2 atom stereocenters. The first kappa shape index (κ1) is 16.8. The van der Waals surface area contributed by atoms with Gasteiger partial charge in [0, 0.05) is 61.2 Å². The molecule has 0 spiro atoms. The van der Waals surface area contributed by atoms with E-state index in [9.17, 15) is 4.79 Å². The van der Waals surface area contributed by atoms with Gasteiger partial charge in [0.2, 0.25) is 0 Å². The van der Waals surface area contributed by atoms with E-state index in [0.29, 0.717) is 17.6 Å². The fourth-order valence-corrected chi connectivity index (χ4v) is 4.14. The molecule has 136 valence electrons. The van der Waals surface area contributed by atoms with Crippen LogP contribution in [-0.4, -0.2) is 52.1 Å². The van der Waals surface area contributed by atoms with E-state index in [4.69, 9.17) is 0 Å². The average Bonchev–Trinajstić information content (AvgIpc) is 3.32. The Morgan fingerprint density at radius 3 is 3.08 bits per heavy atom. The number of thiazole rings is 1. The van der Waals surface area contributed by atoms with Gasteiger partial charge in [0.05, 0.1) is 0 Å². The Labute approximate surface area is 156 Å². The highest BCUT2D eigenvalue weighted by Crippen LogP contribution is 2.30. The number of nitrogens with one attached hydrogen (secondary N) is 2. The lowest BCUT2D eigenvalue weighted by Crippen LogP contribution is -2.53. The van der Waals surface area contributed by atoms with Crippen LogP contribution in [0.2, 0.25) is 0 Å². The summed E-state index contributed by atoms with van der Waals surface area (Å²) in [6, 6.07) is 4.25. The molecule has 0 radical (unpaired) electrons. The zero-order chi connectivity index (χ0) is 18.1. The lowest BCUT2D eigenvalue weighted by atomic mass is 9.92. The van der Waals surface area contributed by atoms with E-state index in [2.05, 4.69) is 45.2 Å². The van der Waals surface area contributed by atoms with Crippen molar-refractivity contribution in [3.63, 3.8) is 0 Å². The van der Waals surface area contributed by atoms with E-state index in [1.54, 1.807) is 6.20 Å². The van der Waals surface area contributed by atoms with Crippen molar-refractivity contribution < 1.29 is 4.79 Å². The Morgan fingerprint density at radius 1 is 1.38 bits per heavy atom.